The molecule has 0 saturated heterocycles. The highest BCUT2D eigenvalue weighted by Gasteiger charge is 2.29. The SMILES string of the molecule is Cc1nn(C)c(O)c1C(=O)c1ccc(Cl)c(CN(C)C2CC2)c1Cl. The molecule has 24 heavy (non-hydrogen) atoms. The van der Waals surface area contributed by atoms with Crippen LogP contribution in [-0.4, -0.2) is 38.7 Å². The molecule has 0 spiro atoms. The highest BCUT2D eigenvalue weighted by Crippen LogP contribution is 2.35. The molecule has 2 aromatic rings. The van der Waals surface area contributed by atoms with Gasteiger partial charge >= 0.3 is 0 Å². The maximum absolute atomic E-state index is 12.9. The van der Waals surface area contributed by atoms with E-state index in [1.54, 1.807) is 26.1 Å². The number of nitrogens with zero attached hydrogens (tertiary/aromatic N) is 3. The molecule has 0 unspecified atom stereocenters. The fourth-order valence-corrected chi connectivity index (χ4v) is 3.43. The topological polar surface area (TPSA) is 58.4 Å². The largest absolute Gasteiger partial charge is 0.493 e. The van der Waals surface area contributed by atoms with E-state index in [2.05, 4.69) is 10.00 Å². The standard InChI is InChI=1S/C17H19Cl2N3O2/c1-9-14(17(24)22(3)20-9)16(23)11-6-7-13(18)12(15(11)19)8-21(2)10-4-5-10/h6-7,10,24H,4-5,8H2,1-3H3. The molecule has 1 N–H and O–H groups in total. The van der Waals surface area contributed by atoms with Gasteiger partial charge < -0.3 is 5.11 Å². The fraction of sp³-hybridized carbons (Fsp3) is 0.412. The van der Waals surface area contributed by atoms with Crippen LogP contribution in [0.4, 0.5) is 0 Å². The predicted octanol–water partition coefficient (Wildman–Crippen LogP) is 3.57. The van der Waals surface area contributed by atoms with Gasteiger partial charge in [-0.3, -0.25) is 9.69 Å². The minimum atomic E-state index is -0.352. The third-order valence-corrected chi connectivity index (χ3v) is 5.21. The molecule has 1 aliphatic rings. The number of ketones is 1. The average Bonchev–Trinajstić information content (AvgIpc) is 3.32. The number of benzene rings is 1. The lowest BCUT2D eigenvalue weighted by Crippen LogP contribution is -2.21. The molecule has 128 valence electrons. The summed E-state index contributed by atoms with van der Waals surface area (Å²) in [5.74, 6) is -0.518. The van der Waals surface area contributed by atoms with Crippen molar-refractivity contribution in [2.24, 2.45) is 7.05 Å². The van der Waals surface area contributed by atoms with Crippen molar-refractivity contribution in [3.8, 4) is 5.88 Å². The zero-order valence-corrected chi connectivity index (χ0v) is 15.3. The molecular weight excluding hydrogens is 349 g/mol. The van der Waals surface area contributed by atoms with Crippen LogP contribution in [0.25, 0.3) is 0 Å². The summed E-state index contributed by atoms with van der Waals surface area (Å²) in [6.07, 6.45) is 2.35. The highest BCUT2D eigenvalue weighted by atomic mass is 35.5. The molecule has 1 aromatic heterocycles. The van der Waals surface area contributed by atoms with E-state index in [1.165, 1.54) is 17.5 Å². The minimum Gasteiger partial charge on any atom is -0.493 e. The van der Waals surface area contributed by atoms with E-state index in [0.717, 1.165) is 5.56 Å². The van der Waals surface area contributed by atoms with E-state index >= 15 is 0 Å². The van der Waals surface area contributed by atoms with E-state index < -0.39 is 0 Å². The Balaban J connectivity index is 2.00. The minimum absolute atomic E-state index is 0.167. The van der Waals surface area contributed by atoms with Crippen LogP contribution in [0.5, 0.6) is 5.88 Å². The Morgan fingerprint density at radius 3 is 2.62 bits per heavy atom. The van der Waals surface area contributed by atoms with Crippen molar-refractivity contribution in [1.29, 1.82) is 0 Å². The third kappa shape index (κ3) is 3.04. The number of rotatable bonds is 5. The first kappa shape index (κ1) is 17.3. The van der Waals surface area contributed by atoms with E-state index in [9.17, 15) is 9.90 Å². The number of hydrogen-bond acceptors (Lipinski definition) is 4. The van der Waals surface area contributed by atoms with Crippen molar-refractivity contribution >= 4 is 29.0 Å². The second-order valence-corrected chi connectivity index (χ2v) is 7.06. The zero-order chi connectivity index (χ0) is 17.6. The van der Waals surface area contributed by atoms with Gasteiger partial charge in [-0.05, 0) is 38.9 Å². The van der Waals surface area contributed by atoms with E-state index in [-0.39, 0.29) is 17.2 Å². The normalized spacial score (nSPS) is 14.4. The molecule has 1 heterocycles. The van der Waals surface area contributed by atoms with Crippen LogP contribution in [0, 0.1) is 6.92 Å². The smallest absolute Gasteiger partial charge is 0.220 e. The van der Waals surface area contributed by atoms with Crippen LogP contribution in [0.3, 0.4) is 0 Å². The summed E-state index contributed by atoms with van der Waals surface area (Å²) < 4.78 is 1.27. The molecule has 0 radical (unpaired) electrons. The number of carbonyl (C=O) groups excluding carboxylic acids is 1. The van der Waals surface area contributed by atoms with Gasteiger partial charge in [-0.2, -0.15) is 5.10 Å². The summed E-state index contributed by atoms with van der Waals surface area (Å²) in [4.78, 5) is 15.1. The number of carbonyl (C=O) groups is 1. The molecule has 3 rings (SSSR count). The van der Waals surface area contributed by atoms with Gasteiger partial charge in [0.2, 0.25) is 11.7 Å². The van der Waals surface area contributed by atoms with Crippen molar-refractivity contribution in [3.05, 3.63) is 44.6 Å². The first-order valence-electron chi connectivity index (χ1n) is 7.75. The van der Waals surface area contributed by atoms with Gasteiger partial charge in [0.05, 0.1) is 10.7 Å². The summed E-state index contributed by atoms with van der Waals surface area (Å²) in [7, 11) is 3.61. The molecule has 1 saturated carbocycles. The van der Waals surface area contributed by atoms with Crippen molar-refractivity contribution in [1.82, 2.24) is 14.7 Å². The molecule has 1 fully saturated rings. The van der Waals surface area contributed by atoms with E-state index in [0.29, 0.717) is 33.9 Å². The van der Waals surface area contributed by atoms with E-state index in [4.69, 9.17) is 23.2 Å². The molecule has 5 nitrogen and oxygen atoms in total. The van der Waals surface area contributed by atoms with Crippen LogP contribution in [-0.2, 0) is 13.6 Å². The van der Waals surface area contributed by atoms with Crippen molar-refractivity contribution in [2.75, 3.05) is 7.05 Å². The Morgan fingerprint density at radius 1 is 1.42 bits per heavy atom. The summed E-state index contributed by atoms with van der Waals surface area (Å²) in [5.41, 5.74) is 1.69. The maximum Gasteiger partial charge on any atom is 0.220 e. The van der Waals surface area contributed by atoms with Gasteiger partial charge in [-0.1, -0.05) is 23.2 Å². The quantitative estimate of drug-likeness (QED) is 0.820. The van der Waals surface area contributed by atoms with Crippen LogP contribution in [0.2, 0.25) is 10.0 Å². The predicted molar refractivity (Wildman–Crippen MR) is 94.0 cm³/mol. The Kier molecular flexibility index (Phi) is 4.60. The molecule has 7 heteroatoms. The van der Waals surface area contributed by atoms with Gasteiger partial charge in [0.25, 0.3) is 0 Å². The second kappa shape index (κ2) is 6.39. The Labute approximate surface area is 150 Å². The van der Waals surface area contributed by atoms with Crippen molar-refractivity contribution < 1.29 is 9.90 Å². The first-order valence-corrected chi connectivity index (χ1v) is 8.51. The number of halogens is 2. The maximum atomic E-state index is 12.9. The van der Waals surface area contributed by atoms with Crippen molar-refractivity contribution in [3.63, 3.8) is 0 Å². The second-order valence-electron chi connectivity index (χ2n) is 6.27. The molecule has 0 bridgehead atoms. The van der Waals surface area contributed by atoms with Gasteiger partial charge in [0, 0.05) is 35.8 Å². The molecular formula is C17H19Cl2N3O2. The molecule has 1 aromatic carbocycles. The number of aromatic nitrogens is 2. The average molecular weight is 368 g/mol. The lowest BCUT2D eigenvalue weighted by atomic mass is 10.0. The van der Waals surface area contributed by atoms with Crippen LogP contribution in [0.15, 0.2) is 12.1 Å². The lowest BCUT2D eigenvalue weighted by Gasteiger charge is -2.19. The van der Waals surface area contributed by atoms with E-state index in [1.807, 2.05) is 7.05 Å². The molecule has 0 aliphatic heterocycles. The lowest BCUT2D eigenvalue weighted by molar-refractivity contribution is 0.103. The number of hydrogen-bond donors (Lipinski definition) is 1. The first-order chi connectivity index (χ1) is 11.3. The summed E-state index contributed by atoms with van der Waals surface area (Å²) >= 11 is 12.8. The van der Waals surface area contributed by atoms with Gasteiger partial charge in [0.1, 0.15) is 5.56 Å². The highest BCUT2D eigenvalue weighted by molar-refractivity contribution is 6.39. The molecule has 0 atom stereocenters. The Morgan fingerprint density at radius 2 is 2.08 bits per heavy atom. The van der Waals surface area contributed by atoms with Gasteiger partial charge in [-0.25, -0.2) is 4.68 Å². The third-order valence-electron chi connectivity index (χ3n) is 4.43. The Bertz CT molecular complexity index is 813. The summed E-state index contributed by atoms with van der Waals surface area (Å²) in [5, 5.41) is 15.0. The summed E-state index contributed by atoms with van der Waals surface area (Å²) in [6, 6.07) is 3.83. The Hall–Kier alpha value is -1.56. The monoisotopic (exact) mass is 367 g/mol. The molecule has 1 aliphatic carbocycles. The van der Waals surface area contributed by atoms with Gasteiger partial charge in [0.15, 0.2) is 0 Å². The summed E-state index contributed by atoms with van der Waals surface area (Å²) in [6.45, 7) is 2.26. The molecule has 0 amide bonds. The number of aryl methyl sites for hydroxylation is 2. The van der Waals surface area contributed by atoms with Crippen LogP contribution in [0.1, 0.15) is 40.0 Å². The van der Waals surface area contributed by atoms with Gasteiger partial charge in [-0.15, -0.1) is 0 Å². The zero-order valence-electron chi connectivity index (χ0n) is 13.8. The number of aromatic hydroxyl groups is 1. The van der Waals surface area contributed by atoms with Crippen LogP contribution < -0.4 is 0 Å². The van der Waals surface area contributed by atoms with Crippen molar-refractivity contribution in [2.45, 2.75) is 32.4 Å². The van der Waals surface area contributed by atoms with Crippen LogP contribution >= 0.6 is 23.2 Å². The fourth-order valence-electron chi connectivity index (χ4n) is 2.86.